The van der Waals surface area contributed by atoms with Gasteiger partial charge in [-0.2, -0.15) is 5.10 Å². The lowest BCUT2D eigenvalue weighted by Crippen LogP contribution is -2.20. The van der Waals surface area contributed by atoms with Gasteiger partial charge in [0.15, 0.2) is 0 Å². The molecule has 7 heteroatoms. The summed E-state index contributed by atoms with van der Waals surface area (Å²) in [5, 5.41) is 4.23. The molecule has 0 aliphatic rings. The third-order valence-electron chi connectivity index (χ3n) is 4.81. The molecule has 0 fully saturated rings. The lowest BCUT2D eigenvalue weighted by Gasteiger charge is -2.18. The molecule has 144 valence electrons. The fourth-order valence-electron chi connectivity index (χ4n) is 3.35. The molecule has 0 saturated carbocycles. The fraction of sp³-hybridized carbons (Fsp3) is 0.286. The van der Waals surface area contributed by atoms with Gasteiger partial charge in [-0.25, -0.2) is 9.97 Å². The van der Waals surface area contributed by atoms with Crippen LogP contribution in [-0.2, 0) is 20.0 Å². The van der Waals surface area contributed by atoms with Gasteiger partial charge in [0.25, 0.3) is 0 Å². The zero-order valence-corrected chi connectivity index (χ0v) is 16.4. The first-order valence-electron chi connectivity index (χ1n) is 9.24. The lowest BCUT2D eigenvalue weighted by atomic mass is 10.0. The molecule has 4 rings (SSSR count). The molecule has 0 aliphatic carbocycles. The van der Waals surface area contributed by atoms with Crippen molar-refractivity contribution in [2.24, 2.45) is 7.05 Å². The van der Waals surface area contributed by atoms with Crippen LogP contribution < -0.4 is 4.74 Å². The summed E-state index contributed by atoms with van der Waals surface area (Å²) in [7, 11) is 5.78. The summed E-state index contributed by atoms with van der Waals surface area (Å²) < 4.78 is 9.35. The van der Waals surface area contributed by atoms with Crippen molar-refractivity contribution < 1.29 is 4.74 Å². The minimum atomic E-state index is 0.689. The molecule has 7 nitrogen and oxygen atoms in total. The van der Waals surface area contributed by atoms with Gasteiger partial charge in [-0.3, -0.25) is 9.08 Å². The first-order chi connectivity index (χ1) is 13.6. The highest BCUT2D eigenvalue weighted by atomic mass is 16.5. The van der Waals surface area contributed by atoms with E-state index in [9.17, 15) is 0 Å². The number of imidazole rings is 1. The summed E-state index contributed by atoms with van der Waals surface area (Å²) in [6.45, 7) is 1.83. The van der Waals surface area contributed by atoms with Crippen LogP contribution in [0.2, 0.25) is 0 Å². The summed E-state index contributed by atoms with van der Waals surface area (Å²) in [5.41, 5.74) is 4.52. The van der Waals surface area contributed by atoms with Gasteiger partial charge >= 0.3 is 0 Å². The van der Waals surface area contributed by atoms with Crippen molar-refractivity contribution in [2.45, 2.75) is 13.0 Å². The van der Waals surface area contributed by atoms with E-state index in [1.165, 1.54) is 11.1 Å². The number of methoxy groups -OCH3 is 1. The second-order valence-electron chi connectivity index (χ2n) is 7.02. The SMILES string of the molecule is COc1ccc(CN(C)CCc2cnn(C)c2)cc1-c1cnc2nccn2c1. The Morgan fingerprint density at radius 3 is 2.79 bits per heavy atom. The molecule has 0 saturated heterocycles. The summed E-state index contributed by atoms with van der Waals surface area (Å²) in [6, 6.07) is 6.32. The summed E-state index contributed by atoms with van der Waals surface area (Å²) >= 11 is 0. The number of nitrogens with zero attached hydrogens (tertiary/aromatic N) is 6. The average Bonchev–Trinajstić information content (AvgIpc) is 3.34. The molecule has 1 aromatic carbocycles. The smallest absolute Gasteiger partial charge is 0.233 e. The van der Waals surface area contributed by atoms with Gasteiger partial charge in [-0.15, -0.1) is 0 Å². The molecule has 4 aromatic rings. The molecule has 0 N–H and O–H groups in total. The predicted molar refractivity (Wildman–Crippen MR) is 108 cm³/mol. The van der Waals surface area contributed by atoms with E-state index in [0.717, 1.165) is 36.4 Å². The van der Waals surface area contributed by atoms with Gasteiger partial charge in [-0.05, 0) is 36.7 Å². The van der Waals surface area contributed by atoms with E-state index >= 15 is 0 Å². The van der Waals surface area contributed by atoms with Gasteiger partial charge in [0.2, 0.25) is 5.78 Å². The Morgan fingerprint density at radius 1 is 1.11 bits per heavy atom. The van der Waals surface area contributed by atoms with Gasteiger partial charge < -0.3 is 9.64 Å². The van der Waals surface area contributed by atoms with Crippen molar-refractivity contribution in [2.75, 3.05) is 20.7 Å². The second-order valence-corrected chi connectivity index (χ2v) is 7.02. The molecule has 0 bridgehead atoms. The Balaban J connectivity index is 1.52. The molecule has 3 aromatic heterocycles. The Bertz CT molecular complexity index is 1080. The van der Waals surface area contributed by atoms with Crippen LogP contribution >= 0.6 is 0 Å². The van der Waals surface area contributed by atoms with Crippen molar-refractivity contribution in [1.29, 1.82) is 0 Å². The van der Waals surface area contributed by atoms with Crippen molar-refractivity contribution in [3.05, 3.63) is 66.5 Å². The van der Waals surface area contributed by atoms with Crippen molar-refractivity contribution in [3.63, 3.8) is 0 Å². The third kappa shape index (κ3) is 3.89. The molecular weight excluding hydrogens is 352 g/mol. The minimum absolute atomic E-state index is 0.689. The second kappa shape index (κ2) is 7.82. The molecule has 0 atom stereocenters. The number of hydrogen-bond acceptors (Lipinski definition) is 5. The van der Waals surface area contributed by atoms with Gasteiger partial charge in [0.1, 0.15) is 5.75 Å². The van der Waals surface area contributed by atoms with E-state index in [0.29, 0.717) is 5.78 Å². The fourth-order valence-corrected chi connectivity index (χ4v) is 3.35. The van der Waals surface area contributed by atoms with E-state index in [2.05, 4.69) is 45.3 Å². The first kappa shape index (κ1) is 18.2. The van der Waals surface area contributed by atoms with Crippen LogP contribution in [0.1, 0.15) is 11.1 Å². The van der Waals surface area contributed by atoms with Crippen LogP contribution in [0, 0.1) is 0 Å². The summed E-state index contributed by atoms with van der Waals surface area (Å²) in [4.78, 5) is 10.9. The Labute approximate surface area is 164 Å². The zero-order chi connectivity index (χ0) is 19.5. The maximum atomic E-state index is 5.59. The zero-order valence-electron chi connectivity index (χ0n) is 16.4. The maximum Gasteiger partial charge on any atom is 0.233 e. The van der Waals surface area contributed by atoms with Crippen LogP contribution in [0.5, 0.6) is 5.75 Å². The van der Waals surface area contributed by atoms with E-state index in [1.54, 1.807) is 13.3 Å². The third-order valence-corrected chi connectivity index (χ3v) is 4.81. The predicted octanol–water partition coefficient (Wildman–Crippen LogP) is 2.81. The number of ether oxygens (including phenoxy) is 1. The van der Waals surface area contributed by atoms with Crippen LogP contribution in [0.4, 0.5) is 0 Å². The summed E-state index contributed by atoms with van der Waals surface area (Å²) in [5.74, 6) is 1.53. The number of fused-ring (bicyclic) bond motifs is 1. The molecule has 0 aliphatic heterocycles. The molecule has 28 heavy (non-hydrogen) atoms. The Hall–Kier alpha value is -3.19. The largest absolute Gasteiger partial charge is 0.496 e. The van der Waals surface area contributed by atoms with E-state index in [4.69, 9.17) is 4.74 Å². The number of rotatable bonds is 7. The highest BCUT2D eigenvalue weighted by Gasteiger charge is 2.11. The van der Waals surface area contributed by atoms with Crippen molar-refractivity contribution >= 4 is 5.78 Å². The van der Waals surface area contributed by atoms with Crippen LogP contribution in [-0.4, -0.2) is 49.8 Å². The summed E-state index contributed by atoms with van der Waals surface area (Å²) in [6.07, 6.45) is 12.5. The molecule has 3 heterocycles. The van der Waals surface area contributed by atoms with Gasteiger partial charge in [-0.1, -0.05) is 6.07 Å². The lowest BCUT2D eigenvalue weighted by molar-refractivity contribution is 0.331. The molecule has 0 spiro atoms. The van der Waals surface area contributed by atoms with Crippen LogP contribution in [0.3, 0.4) is 0 Å². The molecule has 0 radical (unpaired) electrons. The number of aryl methyl sites for hydroxylation is 1. The quantitative estimate of drug-likeness (QED) is 0.496. The number of benzene rings is 1. The highest BCUT2D eigenvalue weighted by Crippen LogP contribution is 2.31. The minimum Gasteiger partial charge on any atom is -0.496 e. The molecule has 0 unspecified atom stereocenters. The monoisotopic (exact) mass is 376 g/mol. The maximum absolute atomic E-state index is 5.59. The van der Waals surface area contributed by atoms with Gasteiger partial charge in [0.05, 0.1) is 13.3 Å². The Morgan fingerprint density at radius 2 is 2.00 bits per heavy atom. The van der Waals surface area contributed by atoms with Crippen LogP contribution in [0.15, 0.2) is 55.4 Å². The van der Waals surface area contributed by atoms with Crippen molar-refractivity contribution in [3.8, 4) is 16.9 Å². The Kier molecular flexibility index (Phi) is 5.08. The van der Waals surface area contributed by atoms with Gasteiger partial charge in [0, 0.05) is 62.2 Å². The average molecular weight is 376 g/mol. The van der Waals surface area contributed by atoms with E-state index in [1.807, 2.05) is 47.0 Å². The molecular formula is C21H24N6O. The normalized spacial score (nSPS) is 11.4. The molecule has 0 amide bonds. The van der Waals surface area contributed by atoms with Crippen LogP contribution in [0.25, 0.3) is 16.9 Å². The topological polar surface area (TPSA) is 60.5 Å². The number of aromatic nitrogens is 5. The number of likely N-dealkylation sites (N-methyl/N-ethyl adjacent to an activating group) is 1. The standard InChI is InChI=1S/C21H24N6O/c1-25(8-6-17-11-24-26(2)14-17)13-16-4-5-20(28-3)19(10-16)18-12-23-21-22-7-9-27(21)15-18/h4-5,7,9-12,14-15H,6,8,13H2,1-3H3. The van der Waals surface area contributed by atoms with E-state index < -0.39 is 0 Å². The number of hydrogen-bond donors (Lipinski definition) is 0. The van der Waals surface area contributed by atoms with Crippen molar-refractivity contribution in [1.82, 2.24) is 29.0 Å². The first-order valence-corrected chi connectivity index (χ1v) is 9.24. The van der Waals surface area contributed by atoms with E-state index in [-0.39, 0.29) is 0 Å². The highest BCUT2D eigenvalue weighted by molar-refractivity contribution is 5.70.